The zero-order chi connectivity index (χ0) is 11.3. The van der Waals surface area contributed by atoms with Gasteiger partial charge in [0.25, 0.3) is 0 Å². The van der Waals surface area contributed by atoms with Gasteiger partial charge in [0, 0.05) is 12.3 Å². The van der Waals surface area contributed by atoms with E-state index in [4.69, 9.17) is 9.63 Å². The van der Waals surface area contributed by atoms with Crippen LogP contribution >= 0.6 is 8.03 Å². The summed E-state index contributed by atoms with van der Waals surface area (Å²) in [4.78, 5) is 0. The van der Waals surface area contributed by atoms with Gasteiger partial charge in [0.1, 0.15) is 0 Å². The van der Waals surface area contributed by atoms with E-state index in [2.05, 4.69) is 0 Å². The van der Waals surface area contributed by atoms with Crippen LogP contribution in [0.2, 0.25) is 0 Å². The maximum Gasteiger partial charge on any atom is 0.194 e. The Morgan fingerprint density at radius 1 is 1.27 bits per heavy atom. The minimum atomic E-state index is -1.82. The van der Waals surface area contributed by atoms with Gasteiger partial charge in [0.15, 0.2) is 8.03 Å². The molecule has 0 aliphatic heterocycles. The number of hydrogen-bond donors (Lipinski definition) is 1. The predicted octanol–water partition coefficient (Wildman–Crippen LogP) is 2.68. The van der Waals surface area contributed by atoms with Gasteiger partial charge in [-0.15, -0.1) is 0 Å². The fraction of sp³-hybridized carbons (Fsp3) is 1.00. The zero-order valence-electron chi connectivity index (χ0n) is 9.74. The summed E-state index contributed by atoms with van der Waals surface area (Å²) in [6, 6.07) is 0. The van der Waals surface area contributed by atoms with Crippen molar-refractivity contribution in [2.75, 3.05) is 13.2 Å². The standard InChI is InChI=1S/C11H23O3P/c1-9(2)15(13)14-8-11-5-3-10(7-12)4-6-11/h9-12,15H,3-8H2,1-2H3. The third-order valence-corrected chi connectivity index (χ3v) is 4.55. The van der Waals surface area contributed by atoms with Gasteiger partial charge in [-0.2, -0.15) is 0 Å². The van der Waals surface area contributed by atoms with Crippen molar-refractivity contribution in [2.24, 2.45) is 11.8 Å². The Kier molecular flexibility index (Phi) is 5.88. The molecule has 4 heteroatoms. The number of aliphatic hydroxyl groups is 1. The van der Waals surface area contributed by atoms with E-state index in [1.54, 1.807) is 0 Å². The topological polar surface area (TPSA) is 46.5 Å². The summed E-state index contributed by atoms with van der Waals surface area (Å²) >= 11 is 0. The van der Waals surface area contributed by atoms with Gasteiger partial charge in [0.05, 0.1) is 6.61 Å². The van der Waals surface area contributed by atoms with E-state index in [0.717, 1.165) is 25.7 Å². The van der Waals surface area contributed by atoms with Gasteiger partial charge in [0.2, 0.25) is 0 Å². The third-order valence-electron chi connectivity index (χ3n) is 3.16. The van der Waals surface area contributed by atoms with Crippen molar-refractivity contribution >= 4 is 8.03 Å². The average molecular weight is 234 g/mol. The number of hydrogen-bond acceptors (Lipinski definition) is 3. The van der Waals surface area contributed by atoms with Crippen molar-refractivity contribution in [2.45, 2.75) is 45.2 Å². The van der Waals surface area contributed by atoms with Crippen molar-refractivity contribution < 1.29 is 14.2 Å². The van der Waals surface area contributed by atoms with Crippen LogP contribution in [0.15, 0.2) is 0 Å². The third kappa shape index (κ3) is 4.67. The number of aliphatic hydroxyl groups excluding tert-OH is 1. The largest absolute Gasteiger partial charge is 0.396 e. The smallest absolute Gasteiger partial charge is 0.194 e. The average Bonchev–Trinajstić information content (AvgIpc) is 2.26. The molecular weight excluding hydrogens is 211 g/mol. The van der Waals surface area contributed by atoms with Crippen LogP contribution in [0.3, 0.4) is 0 Å². The highest BCUT2D eigenvalue weighted by molar-refractivity contribution is 7.39. The Morgan fingerprint density at radius 3 is 2.27 bits per heavy atom. The summed E-state index contributed by atoms with van der Waals surface area (Å²) in [7, 11) is -1.82. The molecule has 90 valence electrons. The summed E-state index contributed by atoms with van der Waals surface area (Å²) in [6.07, 6.45) is 4.40. The second-order valence-corrected chi connectivity index (χ2v) is 6.94. The van der Waals surface area contributed by atoms with Gasteiger partial charge in [-0.25, -0.2) is 0 Å². The molecule has 0 heterocycles. The van der Waals surface area contributed by atoms with Gasteiger partial charge in [-0.05, 0) is 37.5 Å². The molecule has 0 saturated heterocycles. The van der Waals surface area contributed by atoms with E-state index in [0.29, 0.717) is 25.0 Å². The molecule has 1 aliphatic rings. The van der Waals surface area contributed by atoms with Crippen LogP contribution in [-0.4, -0.2) is 24.0 Å². The Morgan fingerprint density at radius 2 is 1.80 bits per heavy atom. The fourth-order valence-electron chi connectivity index (χ4n) is 1.95. The van der Waals surface area contributed by atoms with E-state index >= 15 is 0 Å². The molecule has 1 unspecified atom stereocenters. The van der Waals surface area contributed by atoms with E-state index in [9.17, 15) is 4.57 Å². The molecule has 1 aliphatic carbocycles. The molecule has 3 nitrogen and oxygen atoms in total. The van der Waals surface area contributed by atoms with Crippen LogP contribution in [0.4, 0.5) is 0 Å². The maximum absolute atomic E-state index is 11.4. The highest BCUT2D eigenvalue weighted by Gasteiger charge is 2.21. The molecule has 0 aromatic heterocycles. The lowest BCUT2D eigenvalue weighted by Gasteiger charge is -2.27. The summed E-state index contributed by atoms with van der Waals surface area (Å²) in [6.45, 7) is 4.83. The highest BCUT2D eigenvalue weighted by Crippen LogP contribution is 2.33. The SMILES string of the molecule is CC(C)[PH](=O)OCC1CCC(CO)CC1. The van der Waals surface area contributed by atoms with E-state index in [-0.39, 0.29) is 5.66 Å². The fourth-order valence-corrected chi connectivity index (χ4v) is 2.68. The summed E-state index contributed by atoms with van der Waals surface area (Å²) in [5.74, 6) is 1.05. The van der Waals surface area contributed by atoms with Crippen LogP contribution in [0.25, 0.3) is 0 Å². The number of rotatable bonds is 5. The molecule has 0 aromatic carbocycles. The zero-order valence-corrected chi connectivity index (χ0v) is 10.7. The molecular formula is C11H23O3P. The predicted molar refractivity (Wildman–Crippen MR) is 62.6 cm³/mol. The quantitative estimate of drug-likeness (QED) is 0.744. The van der Waals surface area contributed by atoms with Crippen LogP contribution in [0.5, 0.6) is 0 Å². The lowest BCUT2D eigenvalue weighted by molar-refractivity contribution is 0.141. The highest BCUT2D eigenvalue weighted by atomic mass is 31.1. The first kappa shape index (κ1) is 13.2. The minimum absolute atomic E-state index is 0.156. The van der Waals surface area contributed by atoms with E-state index in [1.165, 1.54) is 0 Å². The Labute approximate surface area is 93.1 Å². The first-order valence-electron chi connectivity index (χ1n) is 5.91. The Bertz CT molecular complexity index is 198. The van der Waals surface area contributed by atoms with Gasteiger partial charge in [-0.3, -0.25) is 4.57 Å². The molecule has 0 amide bonds. The molecule has 1 N–H and O–H groups in total. The molecule has 0 bridgehead atoms. The molecule has 1 saturated carbocycles. The van der Waals surface area contributed by atoms with Gasteiger partial charge < -0.3 is 9.63 Å². The molecule has 15 heavy (non-hydrogen) atoms. The summed E-state index contributed by atoms with van der Waals surface area (Å²) < 4.78 is 16.8. The second kappa shape index (κ2) is 6.67. The monoisotopic (exact) mass is 234 g/mol. The van der Waals surface area contributed by atoms with Gasteiger partial charge >= 0.3 is 0 Å². The minimum Gasteiger partial charge on any atom is -0.396 e. The maximum atomic E-state index is 11.4. The second-order valence-electron chi connectivity index (χ2n) is 4.85. The molecule has 0 spiro atoms. The molecule has 0 radical (unpaired) electrons. The van der Waals surface area contributed by atoms with Crippen LogP contribution in [0.1, 0.15) is 39.5 Å². The molecule has 1 fully saturated rings. The Balaban J connectivity index is 2.16. The lowest BCUT2D eigenvalue weighted by atomic mass is 9.83. The lowest BCUT2D eigenvalue weighted by Crippen LogP contribution is -2.20. The first-order chi connectivity index (χ1) is 7.13. The first-order valence-corrected chi connectivity index (χ1v) is 7.30. The Hall–Kier alpha value is 0.150. The van der Waals surface area contributed by atoms with Crippen molar-refractivity contribution in [1.82, 2.24) is 0 Å². The normalized spacial score (nSPS) is 29.3. The summed E-state index contributed by atoms with van der Waals surface area (Å²) in [5, 5.41) is 8.99. The molecule has 0 aromatic rings. The van der Waals surface area contributed by atoms with Crippen LogP contribution in [-0.2, 0) is 9.09 Å². The molecule has 1 rings (SSSR count). The van der Waals surface area contributed by atoms with Crippen LogP contribution < -0.4 is 0 Å². The van der Waals surface area contributed by atoms with Crippen molar-refractivity contribution in [1.29, 1.82) is 0 Å². The summed E-state index contributed by atoms with van der Waals surface area (Å²) in [5.41, 5.74) is 0.156. The van der Waals surface area contributed by atoms with Crippen LogP contribution in [0, 0.1) is 11.8 Å². The van der Waals surface area contributed by atoms with Gasteiger partial charge in [-0.1, -0.05) is 13.8 Å². The van der Waals surface area contributed by atoms with Crippen molar-refractivity contribution in [3.8, 4) is 0 Å². The van der Waals surface area contributed by atoms with Crippen molar-refractivity contribution in [3.63, 3.8) is 0 Å². The van der Waals surface area contributed by atoms with E-state index < -0.39 is 8.03 Å². The molecule has 1 atom stereocenters. The van der Waals surface area contributed by atoms with E-state index in [1.807, 2.05) is 13.8 Å². The van der Waals surface area contributed by atoms with Crippen molar-refractivity contribution in [3.05, 3.63) is 0 Å².